The Bertz CT molecular complexity index is 3250. The summed E-state index contributed by atoms with van der Waals surface area (Å²) in [7, 11) is -8.36. The van der Waals surface area contributed by atoms with Crippen LogP contribution in [0.4, 0.5) is 17.1 Å². The first-order valence-electron chi connectivity index (χ1n) is 25.0. The van der Waals surface area contributed by atoms with Crippen molar-refractivity contribution in [1.29, 1.82) is 0 Å². The van der Waals surface area contributed by atoms with E-state index in [1.165, 1.54) is 37.4 Å². The van der Waals surface area contributed by atoms with Crippen LogP contribution >= 0.6 is 44.4 Å². The van der Waals surface area contributed by atoms with E-state index in [-0.39, 0.29) is 11.8 Å². The third kappa shape index (κ3) is 9.64. The van der Waals surface area contributed by atoms with Gasteiger partial charge in [-0.3, -0.25) is 14.2 Å². The first-order chi connectivity index (χ1) is 35.1. The van der Waals surface area contributed by atoms with Gasteiger partial charge in [0.25, 0.3) is 0 Å². The van der Waals surface area contributed by atoms with E-state index in [9.17, 15) is 0 Å². The van der Waals surface area contributed by atoms with E-state index < -0.39 is 26.6 Å². The minimum Gasteiger partial charge on any atom is -0.258 e. The van der Waals surface area contributed by atoms with Gasteiger partial charge >= 0.3 is 0 Å². The number of rotatable bonds is 6. The Morgan fingerprint density at radius 1 is 0.375 bits per heavy atom. The highest BCUT2D eigenvalue weighted by molar-refractivity contribution is 7.83. The second-order valence-corrected chi connectivity index (χ2v) is 30.1. The molecule has 3 nitrogen and oxygen atoms in total. The maximum Gasteiger partial charge on any atom is 0.0625 e. The Morgan fingerprint density at radius 2 is 0.681 bits per heavy atom. The standard InChI is InChI=1S/C64H58Cl2N3P3/c1-48-49-22-21-23-53(42-49)67-70(56-24-9-3-10-25-56,57-26-11-4-12-27-57)45-64(2)46-71(58-28-13-5-14-29-58,59-30-15-6-16-31-59)68-54-36-38-62(65)51(43-54)40-50(48)41-52-44-55(37-39-63(52)66)69-72(47-64,60-32-17-7-18-33-60)61-34-19-8-20-35-61/h3-39,42-44,48,50H,40-41,45-47H2,1-2H3. The van der Waals surface area contributed by atoms with Crippen molar-refractivity contribution in [3.8, 4) is 0 Å². The summed E-state index contributed by atoms with van der Waals surface area (Å²) in [5.74, 6) is 0.194. The molecule has 1 unspecified atom stereocenters. The molecule has 0 N–H and O–H groups in total. The van der Waals surface area contributed by atoms with Crippen LogP contribution in [0.25, 0.3) is 0 Å². The van der Waals surface area contributed by atoms with Gasteiger partial charge in [0.1, 0.15) is 0 Å². The maximum atomic E-state index is 7.36. The molecule has 3 aliphatic rings. The number of halogens is 2. The Labute approximate surface area is 436 Å². The van der Waals surface area contributed by atoms with Gasteiger partial charge in [0.05, 0.1) is 17.1 Å². The Kier molecular flexibility index (Phi) is 13.9. The first-order valence-corrected chi connectivity index (χ1v) is 31.5. The lowest BCUT2D eigenvalue weighted by molar-refractivity contribution is 0.441. The quantitative estimate of drug-likeness (QED) is 0.149. The van der Waals surface area contributed by atoms with Crippen molar-refractivity contribution in [2.24, 2.45) is 25.6 Å². The van der Waals surface area contributed by atoms with E-state index in [0.717, 1.165) is 69.6 Å². The Morgan fingerprint density at radius 3 is 1.00 bits per heavy atom. The van der Waals surface area contributed by atoms with Crippen molar-refractivity contribution >= 4 is 93.3 Å². The average Bonchev–Trinajstić information content (AvgIpc) is 3.42. The van der Waals surface area contributed by atoms with Gasteiger partial charge < -0.3 is 0 Å². The summed E-state index contributed by atoms with van der Waals surface area (Å²) in [4.78, 5) is 0. The average molecular weight is 1030 g/mol. The fraction of sp³-hybridized carbons (Fsp3) is 0.156. The molecule has 0 saturated carbocycles. The van der Waals surface area contributed by atoms with E-state index in [4.69, 9.17) is 37.4 Å². The molecule has 9 aromatic rings. The predicted octanol–water partition coefficient (Wildman–Crippen LogP) is 16.7. The van der Waals surface area contributed by atoms with Crippen molar-refractivity contribution in [2.75, 3.05) is 18.5 Å². The molecule has 8 heteroatoms. The molecule has 12 rings (SSSR count). The molecule has 1 atom stereocenters. The molecule has 0 saturated heterocycles. The largest absolute Gasteiger partial charge is 0.258 e. The Balaban J connectivity index is 1.37. The van der Waals surface area contributed by atoms with E-state index in [0.29, 0.717) is 0 Å². The van der Waals surface area contributed by atoms with Crippen molar-refractivity contribution in [1.82, 2.24) is 0 Å². The summed E-state index contributed by atoms with van der Waals surface area (Å²) in [5.41, 5.74) is 5.78. The third-order valence-corrected chi connectivity index (χ3v) is 27.9. The molecule has 9 aromatic carbocycles. The summed E-state index contributed by atoms with van der Waals surface area (Å²) < 4.78 is 19.0. The van der Waals surface area contributed by atoms with E-state index >= 15 is 0 Å². The van der Waals surface area contributed by atoms with Crippen LogP contribution in [0.5, 0.6) is 0 Å². The topological polar surface area (TPSA) is 37.1 Å². The molecule has 8 bridgehead atoms. The minimum atomic E-state index is -2.79. The summed E-state index contributed by atoms with van der Waals surface area (Å²) in [6.45, 7) is 4.95. The molecule has 0 fully saturated rings. The van der Waals surface area contributed by atoms with Crippen LogP contribution in [0, 0.1) is 11.3 Å². The van der Waals surface area contributed by atoms with Crippen molar-refractivity contribution in [2.45, 2.75) is 32.6 Å². The lowest BCUT2D eigenvalue weighted by Crippen LogP contribution is -2.40. The molecular formula is C64H58Cl2N3P3. The second kappa shape index (κ2) is 20.6. The lowest BCUT2D eigenvalue weighted by Gasteiger charge is -2.44. The fourth-order valence-corrected chi connectivity index (χ4v) is 24.9. The van der Waals surface area contributed by atoms with Crippen molar-refractivity contribution in [3.63, 3.8) is 0 Å². The molecule has 3 heterocycles. The smallest absolute Gasteiger partial charge is 0.0625 e. The number of hydrogen-bond donors (Lipinski definition) is 0. The summed E-state index contributed by atoms with van der Waals surface area (Å²) >= 11 is 14.7. The molecule has 3 aliphatic heterocycles. The highest BCUT2D eigenvalue weighted by Gasteiger charge is 2.45. The molecule has 0 aliphatic carbocycles. The van der Waals surface area contributed by atoms with Gasteiger partial charge in [0.2, 0.25) is 0 Å². The SMILES string of the molecule is CC1c2cccc(c2)N=P(c2ccccc2)(c2ccccc2)CC2(C)CP(c3ccccc3)(c3ccccc3)=Nc3ccc(Cl)c(c3)CC1Cc1cc(ccc1Cl)N=P(c1ccccc1)(c1ccccc1)C2. The van der Waals surface area contributed by atoms with Crippen LogP contribution in [0.1, 0.15) is 36.5 Å². The van der Waals surface area contributed by atoms with Crippen molar-refractivity contribution < 1.29 is 0 Å². The van der Waals surface area contributed by atoms with Crippen LogP contribution in [0.15, 0.2) is 257 Å². The molecule has 72 heavy (non-hydrogen) atoms. The third-order valence-electron chi connectivity index (χ3n) is 14.9. The highest BCUT2D eigenvalue weighted by atomic mass is 35.5. The van der Waals surface area contributed by atoms with Crippen LogP contribution in [-0.4, -0.2) is 18.5 Å². The Hall–Kier alpha value is -5.75. The van der Waals surface area contributed by atoms with E-state index in [1.54, 1.807) is 0 Å². The molecular weight excluding hydrogens is 975 g/mol. The molecule has 0 radical (unpaired) electrons. The van der Waals surface area contributed by atoms with Gasteiger partial charge in [0, 0.05) is 31.2 Å². The van der Waals surface area contributed by atoms with Gasteiger partial charge in [-0.2, -0.15) is 0 Å². The fourth-order valence-electron chi connectivity index (χ4n) is 11.6. The van der Waals surface area contributed by atoms with Crippen molar-refractivity contribution in [3.05, 3.63) is 269 Å². The zero-order valence-corrected chi connectivity index (χ0v) is 44.9. The van der Waals surface area contributed by atoms with E-state index in [2.05, 4.69) is 257 Å². The molecule has 358 valence electrons. The van der Waals surface area contributed by atoms with Crippen LogP contribution in [0.2, 0.25) is 10.0 Å². The highest BCUT2D eigenvalue weighted by Crippen LogP contribution is 2.65. The van der Waals surface area contributed by atoms with Gasteiger partial charge in [-0.15, -0.1) is 0 Å². The molecule has 0 amide bonds. The summed E-state index contributed by atoms with van der Waals surface area (Å²) in [6.07, 6.45) is 3.68. The molecule has 0 aromatic heterocycles. The van der Waals surface area contributed by atoms with Gasteiger partial charge in [-0.25, -0.2) is 0 Å². The zero-order valence-electron chi connectivity index (χ0n) is 40.7. The zero-order chi connectivity index (χ0) is 49.2. The summed E-state index contributed by atoms with van der Waals surface area (Å²) in [5, 5.41) is 8.97. The minimum absolute atomic E-state index is 0.0956. The van der Waals surface area contributed by atoms with E-state index in [1.807, 2.05) is 0 Å². The second-order valence-electron chi connectivity index (χ2n) is 20.0. The summed E-state index contributed by atoms with van der Waals surface area (Å²) in [6, 6.07) is 89.5. The maximum absolute atomic E-state index is 7.36. The lowest BCUT2D eigenvalue weighted by atomic mass is 9.79. The first kappa shape index (κ1) is 48.5. The van der Waals surface area contributed by atoms with Crippen LogP contribution in [-0.2, 0) is 12.8 Å². The molecule has 0 spiro atoms. The normalized spacial score (nSPS) is 20.1. The number of fused-ring (bicyclic) bond motifs is 3. The van der Waals surface area contributed by atoms with Gasteiger partial charge in [-0.1, -0.05) is 231 Å². The van der Waals surface area contributed by atoms with Gasteiger partial charge in [-0.05, 0) is 146 Å². The number of nitrogens with zero attached hydrogens (tertiary/aromatic N) is 3. The predicted molar refractivity (Wildman–Crippen MR) is 315 cm³/mol. The number of hydrogen-bond acceptors (Lipinski definition) is 3. The van der Waals surface area contributed by atoms with Crippen LogP contribution < -0.4 is 31.8 Å². The monoisotopic (exact) mass is 1030 g/mol. The van der Waals surface area contributed by atoms with Crippen LogP contribution in [0.3, 0.4) is 0 Å². The van der Waals surface area contributed by atoms with Gasteiger partial charge in [0.15, 0.2) is 0 Å². The number of benzene rings is 9.